The van der Waals surface area contributed by atoms with Gasteiger partial charge in [-0.25, -0.2) is 0 Å². The number of rotatable bonds is 4. The van der Waals surface area contributed by atoms with Gasteiger partial charge in [-0.05, 0) is 25.5 Å². The van der Waals surface area contributed by atoms with Crippen molar-refractivity contribution in [2.24, 2.45) is 5.73 Å². The smallest absolute Gasteiger partial charge is 0.249 e. The number of hydrogen-bond donors (Lipinski definition) is 1. The summed E-state index contributed by atoms with van der Waals surface area (Å²) in [7, 11) is 0. The molecular formula is C14H17N3O3. The van der Waals surface area contributed by atoms with E-state index in [1.165, 1.54) is 0 Å². The van der Waals surface area contributed by atoms with Crippen molar-refractivity contribution in [1.82, 2.24) is 10.1 Å². The molecule has 1 atom stereocenters. The van der Waals surface area contributed by atoms with Crippen LogP contribution < -0.4 is 10.5 Å². The molecule has 1 aromatic heterocycles. The molecule has 2 heterocycles. The van der Waals surface area contributed by atoms with E-state index in [9.17, 15) is 0 Å². The van der Waals surface area contributed by atoms with Crippen molar-refractivity contribution in [2.75, 3.05) is 19.8 Å². The minimum absolute atomic E-state index is 0.405. The Morgan fingerprint density at radius 2 is 2.25 bits per heavy atom. The molecule has 0 radical (unpaired) electrons. The Morgan fingerprint density at radius 3 is 3.00 bits per heavy atom. The zero-order valence-corrected chi connectivity index (χ0v) is 11.3. The molecule has 0 spiro atoms. The number of nitrogens with two attached hydrogens (primary N) is 1. The molecule has 1 fully saturated rings. The molecule has 6 nitrogen and oxygen atoms in total. The van der Waals surface area contributed by atoms with Crippen LogP contribution in [0, 0.1) is 0 Å². The van der Waals surface area contributed by atoms with E-state index >= 15 is 0 Å². The number of benzene rings is 1. The summed E-state index contributed by atoms with van der Waals surface area (Å²) < 4.78 is 16.2. The normalized spacial score (nSPS) is 22.1. The van der Waals surface area contributed by atoms with Gasteiger partial charge < -0.3 is 19.7 Å². The zero-order chi connectivity index (χ0) is 14.0. The Bertz CT molecular complexity index is 591. The molecule has 1 aliphatic rings. The summed E-state index contributed by atoms with van der Waals surface area (Å²) in [5, 5.41) is 4.02. The molecule has 1 aliphatic heterocycles. The zero-order valence-electron chi connectivity index (χ0n) is 11.3. The number of nitrogens with zero attached hydrogens (tertiary/aromatic N) is 2. The SMILES string of the molecule is CCOc1ccccc1-c1noc(C2(N)CCOC2)n1. The van der Waals surface area contributed by atoms with Gasteiger partial charge in [-0.3, -0.25) is 0 Å². The second-order valence-electron chi connectivity index (χ2n) is 4.81. The van der Waals surface area contributed by atoms with Crippen LogP contribution in [0.5, 0.6) is 5.75 Å². The number of ether oxygens (including phenoxy) is 2. The van der Waals surface area contributed by atoms with Crippen molar-refractivity contribution in [1.29, 1.82) is 0 Å². The van der Waals surface area contributed by atoms with Crippen LogP contribution in [0.25, 0.3) is 11.4 Å². The third-order valence-corrected chi connectivity index (χ3v) is 3.33. The predicted molar refractivity (Wildman–Crippen MR) is 72.2 cm³/mol. The summed E-state index contributed by atoms with van der Waals surface area (Å²) in [5.74, 6) is 1.63. The first kappa shape index (κ1) is 13.1. The van der Waals surface area contributed by atoms with E-state index < -0.39 is 5.54 Å². The molecule has 6 heteroatoms. The Labute approximate surface area is 116 Å². The highest BCUT2D eigenvalue weighted by Crippen LogP contribution is 2.31. The van der Waals surface area contributed by atoms with Gasteiger partial charge in [-0.2, -0.15) is 4.98 Å². The van der Waals surface area contributed by atoms with E-state index in [1.54, 1.807) is 0 Å². The van der Waals surface area contributed by atoms with Gasteiger partial charge in [0.25, 0.3) is 0 Å². The van der Waals surface area contributed by atoms with Crippen LogP contribution in [0.2, 0.25) is 0 Å². The van der Waals surface area contributed by atoms with Gasteiger partial charge in [-0.15, -0.1) is 0 Å². The first-order chi connectivity index (χ1) is 9.73. The van der Waals surface area contributed by atoms with Crippen LogP contribution in [0.1, 0.15) is 19.2 Å². The minimum atomic E-state index is -0.675. The van der Waals surface area contributed by atoms with Crippen LogP contribution in [-0.4, -0.2) is 30.0 Å². The molecular weight excluding hydrogens is 258 g/mol. The van der Waals surface area contributed by atoms with Crippen molar-refractivity contribution < 1.29 is 14.0 Å². The van der Waals surface area contributed by atoms with Crippen LogP contribution >= 0.6 is 0 Å². The van der Waals surface area contributed by atoms with E-state index in [2.05, 4.69) is 10.1 Å². The topological polar surface area (TPSA) is 83.4 Å². The van der Waals surface area contributed by atoms with Gasteiger partial charge >= 0.3 is 0 Å². The second kappa shape index (κ2) is 5.22. The lowest BCUT2D eigenvalue weighted by atomic mass is 10.0. The molecule has 3 rings (SSSR count). The van der Waals surface area contributed by atoms with Crippen LogP contribution in [0.3, 0.4) is 0 Å². The average molecular weight is 275 g/mol. The van der Waals surface area contributed by atoms with Gasteiger partial charge in [0.15, 0.2) is 0 Å². The van der Waals surface area contributed by atoms with Gasteiger partial charge in [0.1, 0.15) is 11.3 Å². The monoisotopic (exact) mass is 275 g/mol. The van der Waals surface area contributed by atoms with Crippen LogP contribution in [0.15, 0.2) is 28.8 Å². The molecule has 0 aliphatic carbocycles. The Balaban J connectivity index is 1.94. The molecule has 0 amide bonds. The van der Waals surface area contributed by atoms with Crippen molar-refractivity contribution in [3.63, 3.8) is 0 Å². The summed E-state index contributed by atoms with van der Waals surface area (Å²) in [6.45, 7) is 3.53. The third-order valence-electron chi connectivity index (χ3n) is 3.33. The molecule has 106 valence electrons. The summed E-state index contributed by atoms with van der Waals surface area (Å²) in [5.41, 5.74) is 6.34. The van der Waals surface area contributed by atoms with Crippen LogP contribution in [-0.2, 0) is 10.3 Å². The molecule has 1 saturated heterocycles. The first-order valence-corrected chi connectivity index (χ1v) is 6.66. The fourth-order valence-electron chi connectivity index (χ4n) is 2.22. The first-order valence-electron chi connectivity index (χ1n) is 6.66. The molecule has 20 heavy (non-hydrogen) atoms. The third kappa shape index (κ3) is 2.28. The molecule has 0 saturated carbocycles. The Hall–Kier alpha value is -1.92. The largest absolute Gasteiger partial charge is 0.493 e. The van der Waals surface area contributed by atoms with Crippen LogP contribution in [0.4, 0.5) is 0 Å². The minimum Gasteiger partial charge on any atom is -0.493 e. The van der Waals surface area contributed by atoms with E-state index in [0.717, 1.165) is 11.3 Å². The summed E-state index contributed by atoms with van der Waals surface area (Å²) in [4.78, 5) is 4.41. The quantitative estimate of drug-likeness (QED) is 0.914. The maximum absolute atomic E-state index is 6.22. The van der Waals surface area contributed by atoms with Crippen molar-refractivity contribution in [2.45, 2.75) is 18.9 Å². The summed E-state index contributed by atoms with van der Waals surface area (Å²) in [6.07, 6.45) is 0.682. The highest BCUT2D eigenvalue weighted by molar-refractivity contribution is 5.63. The maximum Gasteiger partial charge on any atom is 0.249 e. The van der Waals surface area contributed by atoms with E-state index in [4.69, 9.17) is 19.7 Å². The van der Waals surface area contributed by atoms with E-state index in [-0.39, 0.29) is 0 Å². The van der Waals surface area contributed by atoms with Gasteiger partial charge in [0.05, 0.1) is 18.8 Å². The average Bonchev–Trinajstić information content (AvgIpc) is 3.09. The number of para-hydroxylation sites is 1. The van der Waals surface area contributed by atoms with E-state index in [1.807, 2.05) is 31.2 Å². The highest BCUT2D eigenvalue weighted by atomic mass is 16.5. The molecule has 1 unspecified atom stereocenters. The molecule has 2 N–H and O–H groups in total. The molecule has 1 aromatic carbocycles. The van der Waals surface area contributed by atoms with Gasteiger partial charge in [-0.1, -0.05) is 17.3 Å². The van der Waals surface area contributed by atoms with Crippen molar-refractivity contribution >= 4 is 0 Å². The van der Waals surface area contributed by atoms with E-state index in [0.29, 0.717) is 38.0 Å². The lowest BCUT2D eigenvalue weighted by molar-refractivity contribution is 0.166. The van der Waals surface area contributed by atoms with Crippen molar-refractivity contribution in [3.8, 4) is 17.1 Å². The highest BCUT2D eigenvalue weighted by Gasteiger charge is 2.38. The van der Waals surface area contributed by atoms with Crippen molar-refractivity contribution in [3.05, 3.63) is 30.2 Å². The Morgan fingerprint density at radius 1 is 1.40 bits per heavy atom. The fraction of sp³-hybridized carbons (Fsp3) is 0.429. The maximum atomic E-state index is 6.22. The lowest BCUT2D eigenvalue weighted by Crippen LogP contribution is -2.37. The molecule has 0 bridgehead atoms. The molecule has 2 aromatic rings. The summed E-state index contributed by atoms with van der Waals surface area (Å²) in [6, 6.07) is 7.59. The lowest BCUT2D eigenvalue weighted by Gasteiger charge is -2.15. The Kier molecular flexibility index (Phi) is 3.42. The number of hydrogen-bond acceptors (Lipinski definition) is 6. The standard InChI is InChI=1S/C14H17N3O3/c1-2-19-11-6-4-3-5-10(11)12-16-13(20-17-12)14(15)7-8-18-9-14/h3-6H,2,7-9,15H2,1H3. The summed E-state index contributed by atoms with van der Waals surface area (Å²) >= 11 is 0. The van der Waals surface area contributed by atoms with Gasteiger partial charge in [0.2, 0.25) is 11.7 Å². The van der Waals surface area contributed by atoms with Gasteiger partial charge in [0, 0.05) is 6.61 Å². The second-order valence-corrected chi connectivity index (χ2v) is 4.81. The number of aromatic nitrogens is 2. The predicted octanol–water partition coefficient (Wildman–Crippen LogP) is 1.71. The fourth-order valence-corrected chi connectivity index (χ4v) is 2.22.